The second-order valence-electron chi connectivity index (χ2n) is 7.09. The minimum Gasteiger partial charge on any atom is -0.507 e. The van der Waals surface area contributed by atoms with Gasteiger partial charge in [-0.05, 0) is 43.7 Å². The molecule has 0 radical (unpaired) electrons. The van der Waals surface area contributed by atoms with Gasteiger partial charge in [0.05, 0.1) is 10.9 Å². The van der Waals surface area contributed by atoms with Gasteiger partial charge in [-0.2, -0.15) is 0 Å². The van der Waals surface area contributed by atoms with Gasteiger partial charge in [0.2, 0.25) is 0 Å². The fraction of sp³-hybridized carbons (Fsp3) is 0.167. The minimum atomic E-state index is -0.519. The Morgan fingerprint density at radius 3 is 2.46 bits per heavy atom. The summed E-state index contributed by atoms with van der Waals surface area (Å²) >= 11 is 0. The number of rotatable bonds is 4. The lowest BCUT2D eigenvalue weighted by Crippen LogP contribution is -2.17. The van der Waals surface area contributed by atoms with Crippen LogP contribution in [0.3, 0.4) is 0 Å². The van der Waals surface area contributed by atoms with Crippen molar-refractivity contribution in [2.24, 2.45) is 0 Å². The molecule has 0 aliphatic carbocycles. The van der Waals surface area contributed by atoms with Crippen LogP contribution in [0.25, 0.3) is 11.0 Å². The predicted octanol–water partition coefficient (Wildman–Crippen LogP) is 4.89. The van der Waals surface area contributed by atoms with Crippen molar-refractivity contribution in [2.75, 3.05) is 0 Å². The smallest absolute Gasteiger partial charge is 0.343 e. The summed E-state index contributed by atoms with van der Waals surface area (Å²) in [5.41, 5.74) is 3.97. The number of nitrogens with zero attached hydrogens (tertiary/aromatic N) is 1. The van der Waals surface area contributed by atoms with Crippen LogP contribution in [-0.4, -0.2) is 10.1 Å². The molecule has 4 aromatic rings. The Bertz CT molecular complexity index is 1190. The number of para-hydroxylation sites is 1. The van der Waals surface area contributed by atoms with E-state index in [0.717, 1.165) is 22.5 Å². The predicted molar refractivity (Wildman–Crippen MR) is 110 cm³/mol. The van der Waals surface area contributed by atoms with Gasteiger partial charge in [-0.3, -0.25) is 4.98 Å². The molecule has 0 aliphatic rings. The standard InChI is InChI=1S/C24H21NO3/c1-15-10-12-17(13-11-15)20(14-18-7-5-6-16(2)25-18)22-23(26)19-8-3-4-9-21(19)28-24(22)27/h3-13,20,26H,14H2,1-2H3. The van der Waals surface area contributed by atoms with Gasteiger partial charge in [0.25, 0.3) is 0 Å². The Morgan fingerprint density at radius 2 is 1.71 bits per heavy atom. The van der Waals surface area contributed by atoms with E-state index in [9.17, 15) is 9.90 Å². The average molecular weight is 371 g/mol. The van der Waals surface area contributed by atoms with Gasteiger partial charge < -0.3 is 9.52 Å². The van der Waals surface area contributed by atoms with Crippen molar-refractivity contribution in [2.45, 2.75) is 26.2 Å². The molecule has 0 amide bonds. The largest absolute Gasteiger partial charge is 0.507 e. The lowest BCUT2D eigenvalue weighted by molar-refractivity contribution is 0.450. The zero-order valence-corrected chi connectivity index (χ0v) is 15.8. The molecule has 4 heteroatoms. The molecule has 140 valence electrons. The highest BCUT2D eigenvalue weighted by Crippen LogP contribution is 2.36. The number of aryl methyl sites for hydroxylation is 2. The fourth-order valence-electron chi connectivity index (χ4n) is 3.56. The van der Waals surface area contributed by atoms with Gasteiger partial charge in [-0.1, -0.05) is 48.0 Å². The maximum absolute atomic E-state index is 12.8. The summed E-state index contributed by atoms with van der Waals surface area (Å²) in [5.74, 6) is -0.388. The van der Waals surface area contributed by atoms with Gasteiger partial charge in [0.15, 0.2) is 0 Å². The van der Waals surface area contributed by atoms with Gasteiger partial charge in [-0.15, -0.1) is 0 Å². The molecule has 1 N–H and O–H groups in total. The molecule has 1 atom stereocenters. The molecule has 4 nitrogen and oxygen atoms in total. The number of aromatic nitrogens is 1. The van der Waals surface area contributed by atoms with E-state index < -0.39 is 5.63 Å². The highest BCUT2D eigenvalue weighted by atomic mass is 16.4. The molecule has 0 saturated heterocycles. The van der Waals surface area contributed by atoms with E-state index in [1.807, 2.05) is 62.4 Å². The van der Waals surface area contributed by atoms with Crippen LogP contribution < -0.4 is 5.63 Å². The van der Waals surface area contributed by atoms with E-state index in [4.69, 9.17) is 4.42 Å². The van der Waals surface area contributed by atoms with E-state index in [0.29, 0.717) is 17.4 Å². The summed E-state index contributed by atoms with van der Waals surface area (Å²) in [5, 5.41) is 11.5. The molecule has 0 spiro atoms. The van der Waals surface area contributed by atoms with E-state index in [1.165, 1.54) is 0 Å². The molecule has 4 rings (SSSR count). The van der Waals surface area contributed by atoms with Crippen molar-refractivity contribution in [3.8, 4) is 5.75 Å². The first-order valence-electron chi connectivity index (χ1n) is 9.27. The monoisotopic (exact) mass is 371 g/mol. The average Bonchev–Trinajstić information content (AvgIpc) is 2.68. The van der Waals surface area contributed by atoms with Crippen LogP contribution >= 0.6 is 0 Å². The van der Waals surface area contributed by atoms with Crippen LogP contribution in [0.4, 0.5) is 0 Å². The number of fused-ring (bicyclic) bond motifs is 1. The summed E-state index contributed by atoms with van der Waals surface area (Å²) in [6.07, 6.45) is 0.488. The van der Waals surface area contributed by atoms with Crippen molar-refractivity contribution in [1.29, 1.82) is 0 Å². The molecular formula is C24H21NO3. The molecule has 2 heterocycles. The van der Waals surface area contributed by atoms with Crippen LogP contribution in [0, 0.1) is 13.8 Å². The zero-order chi connectivity index (χ0) is 19.7. The first-order chi connectivity index (χ1) is 13.5. The summed E-state index contributed by atoms with van der Waals surface area (Å²) in [7, 11) is 0. The maximum Gasteiger partial charge on any atom is 0.343 e. The second-order valence-corrected chi connectivity index (χ2v) is 7.09. The Labute approximate surface area is 163 Å². The van der Waals surface area contributed by atoms with Crippen LogP contribution in [0.2, 0.25) is 0 Å². The second kappa shape index (κ2) is 7.31. The van der Waals surface area contributed by atoms with Crippen LogP contribution in [0.1, 0.15) is 34.0 Å². The number of hydrogen-bond donors (Lipinski definition) is 1. The van der Waals surface area contributed by atoms with E-state index in [2.05, 4.69) is 4.98 Å². The maximum atomic E-state index is 12.8. The number of hydrogen-bond acceptors (Lipinski definition) is 4. The SMILES string of the molecule is Cc1ccc(C(Cc2cccc(C)n2)c2c(O)c3ccccc3oc2=O)cc1. The molecule has 0 aliphatic heterocycles. The van der Waals surface area contributed by atoms with Crippen LogP contribution in [0.15, 0.2) is 75.9 Å². The van der Waals surface area contributed by atoms with Gasteiger partial charge >= 0.3 is 5.63 Å². The highest BCUT2D eigenvalue weighted by Gasteiger charge is 2.25. The summed E-state index contributed by atoms with van der Waals surface area (Å²) < 4.78 is 5.53. The summed E-state index contributed by atoms with van der Waals surface area (Å²) in [4.78, 5) is 17.4. The normalized spacial score (nSPS) is 12.2. The molecule has 0 fully saturated rings. The first kappa shape index (κ1) is 18.0. The lowest BCUT2D eigenvalue weighted by Gasteiger charge is -2.19. The van der Waals surface area contributed by atoms with Gasteiger partial charge in [0, 0.05) is 23.7 Å². The number of aromatic hydroxyl groups is 1. The number of benzene rings is 2. The third-order valence-electron chi connectivity index (χ3n) is 5.01. The molecule has 2 aromatic heterocycles. The Hall–Kier alpha value is -3.40. The Morgan fingerprint density at radius 1 is 0.964 bits per heavy atom. The summed E-state index contributed by atoms with van der Waals surface area (Å²) in [6.45, 7) is 3.95. The number of pyridine rings is 1. The molecule has 0 bridgehead atoms. The topological polar surface area (TPSA) is 63.3 Å². The Kier molecular flexibility index (Phi) is 4.70. The van der Waals surface area contributed by atoms with Gasteiger partial charge in [0.1, 0.15) is 11.3 Å². The van der Waals surface area contributed by atoms with Gasteiger partial charge in [-0.25, -0.2) is 4.79 Å². The van der Waals surface area contributed by atoms with Crippen LogP contribution in [-0.2, 0) is 6.42 Å². The lowest BCUT2D eigenvalue weighted by atomic mass is 9.86. The zero-order valence-electron chi connectivity index (χ0n) is 15.8. The summed E-state index contributed by atoms with van der Waals surface area (Å²) in [6, 6.07) is 20.8. The highest BCUT2D eigenvalue weighted by molar-refractivity contribution is 5.84. The Balaban J connectivity index is 1.91. The van der Waals surface area contributed by atoms with Crippen molar-refractivity contribution >= 4 is 11.0 Å². The third kappa shape index (κ3) is 3.41. The van der Waals surface area contributed by atoms with Crippen molar-refractivity contribution in [1.82, 2.24) is 4.98 Å². The van der Waals surface area contributed by atoms with Crippen molar-refractivity contribution < 1.29 is 9.52 Å². The first-order valence-corrected chi connectivity index (χ1v) is 9.27. The molecule has 2 aromatic carbocycles. The minimum absolute atomic E-state index is 0.0231. The van der Waals surface area contributed by atoms with Crippen molar-refractivity contribution in [3.63, 3.8) is 0 Å². The fourth-order valence-corrected chi connectivity index (χ4v) is 3.56. The quantitative estimate of drug-likeness (QED) is 0.519. The molecule has 0 saturated carbocycles. The molecular weight excluding hydrogens is 350 g/mol. The third-order valence-corrected chi connectivity index (χ3v) is 5.01. The molecule has 28 heavy (non-hydrogen) atoms. The van der Waals surface area contributed by atoms with Crippen LogP contribution in [0.5, 0.6) is 5.75 Å². The van der Waals surface area contributed by atoms with Crippen molar-refractivity contribution in [3.05, 3.63) is 105 Å². The van der Waals surface area contributed by atoms with E-state index in [-0.39, 0.29) is 17.2 Å². The molecule has 1 unspecified atom stereocenters. The van der Waals surface area contributed by atoms with E-state index in [1.54, 1.807) is 18.2 Å². The van der Waals surface area contributed by atoms with E-state index >= 15 is 0 Å².